The number of carbonyl (C=O) groups is 1. The van der Waals surface area contributed by atoms with Crippen LogP contribution in [0.1, 0.15) is 30.3 Å². The van der Waals surface area contributed by atoms with Gasteiger partial charge in [0.1, 0.15) is 5.69 Å². The van der Waals surface area contributed by atoms with E-state index in [2.05, 4.69) is 21.0 Å². The summed E-state index contributed by atoms with van der Waals surface area (Å²) in [7, 11) is 3.27. The number of ketones is 1. The van der Waals surface area contributed by atoms with E-state index in [1.54, 1.807) is 25.1 Å². The Kier molecular flexibility index (Phi) is 6.52. The normalized spacial score (nSPS) is 12.7. The molecule has 0 fully saturated rings. The molecule has 5 nitrogen and oxygen atoms in total. The van der Waals surface area contributed by atoms with E-state index in [1.165, 1.54) is 0 Å². The van der Waals surface area contributed by atoms with Gasteiger partial charge in [0.25, 0.3) is 0 Å². The van der Waals surface area contributed by atoms with Crippen molar-refractivity contribution in [1.82, 2.24) is 9.78 Å². The first kappa shape index (κ1) is 15.3. The monoisotopic (exact) mass is 318 g/mol. The molecular formula is C12H19BrN2O3. The number of halogens is 1. The van der Waals surface area contributed by atoms with E-state index in [-0.39, 0.29) is 11.9 Å². The summed E-state index contributed by atoms with van der Waals surface area (Å²) in [5, 5.41) is 4.16. The topological polar surface area (TPSA) is 53.4 Å². The first-order chi connectivity index (χ1) is 8.60. The Morgan fingerprint density at radius 1 is 1.56 bits per heavy atom. The van der Waals surface area contributed by atoms with Crippen LogP contribution in [0.5, 0.6) is 0 Å². The Bertz CT molecular complexity index is 393. The van der Waals surface area contributed by atoms with Gasteiger partial charge in [-0.1, -0.05) is 0 Å². The van der Waals surface area contributed by atoms with Gasteiger partial charge in [0, 0.05) is 20.6 Å². The van der Waals surface area contributed by atoms with Gasteiger partial charge in [0.05, 0.1) is 29.9 Å². The molecule has 0 saturated heterocycles. The van der Waals surface area contributed by atoms with E-state index in [9.17, 15) is 4.79 Å². The second-order valence-corrected chi connectivity index (χ2v) is 4.92. The Hall–Kier alpha value is -0.720. The van der Waals surface area contributed by atoms with E-state index in [0.29, 0.717) is 31.7 Å². The fraction of sp³-hybridized carbons (Fsp3) is 0.667. The van der Waals surface area contributed by atoms with E-state index >= 15 is 0 Å². The van der Waals surface area contributed by atoms with Crippen LogP contribution in [-0.4, -0.2) is 42.5 Å². The molecule has 1 aromatic rings. The maximum Gasteiger partial charge on any atom is 0.182 e. The Balaban J connectivity index is 2.68. The summed E-state index contributed by atoms with van der Waals surface area (Å²) in [5.41, 5.74) is 0.607. The third-order valence-electron chi connectivity index (χ3n) is 2.75. The average molecular weight is 319 g/mol. The van der Waals surface area contributed by atoms with E-state index in [4.69, 9.17) is 9.47 Å². The molecule has 1 unspecified atom stereocenters. The molecule has 1 atom stereocenters. The van der Waals surface area contributed by atoms with Crippen LogP contribution in [0.4, 0.5) is 0 Å². The molecule has 1 aromatic heterocycles. The molecule has 0 bridgehead atoms. The van der Waals surface area contributed by atoms with Gasteiger partial charge in [-0.2, -0.15) is 5.10 Å². The summed E-state index contributed by atoms with van der Waals surface area (Å²) in [5.74, 6) is 0.0689. The standard InChI is InChI=1S/C12H19BrN2O3/c1-9(18-3)4-5-11(16)12-10(13)8-14-15(12)6-7-17-2/h8-9H,4-7H2,1-3H3. The molecule has 102 valence electrons. The molecule has 1 rings (SSSR count). The van der Waals surface area contributed by atoms with E-state index in [1.807, 2.05) is 6.92 Å². The third kappa shape index (κ3) is 4.19. The van der Waals surface area contributed by atoms with Gasteiger partial charge in [-0.3, -0.25) is 9.48 Å². The molecule has 0 aliphatic carbocycles. The molecule has 6 heteroatoms. The highest BCUT2D eigenvalue weighted by Crippen LogP contribution is 2.19. The molecule has 0 aliphatic heterocycles. The highest BCUT2D eigenvalue weighted by atomic mass is 79.9. The van der Waals surface area contributed by atoms with Gasteiger partial charge >= 0.3 is 0 Å². The first-order valence-electron chi connectivity index (χ1n) is 5.86. The number of aromatic nitrogens is 2. The minimum Gasteiger partial charge on any atom is -0.383 e. The molecule has 0 amide bonds. The van der Waals surface area contributed by atoms with Crippen molar-refractivity contribution in [3.63, 3.8) is 0 Å². The largest absolute Gasteiger partial charge is 0.383 e. The third-order valence-corrected chi connectivity index (χ3v) is 3.33. The summed E-state index contributed by atoms with van der Waals surface area (Å²) in [4.78, 5) is 12.1. The molecule has 0 aromatic carbocycles. The van der Waals surface area contributed by atoms with Crippen LogP contribution in [-0.2, 0) is 16.0 Å². The average Bonchev–Trinajstić information content (AvgIpc) is 2.74. The molecule has 0 spiro atoms. The molecule has 0 aliphatic rings. The molecule has 0 radical (unpaired) electrons. The van der Waals surface area contributed by atoms with Crippen molar-refractivity contribution in [2.45, 2.75) is 32.4 Å². The maximum atomic E-state index is 12.1. The first-order valence-corrected chi connectivity index (χ1v) is 6.65. The lowest BCUT2D eigenvalue weighted by molar-refractivity contribution is 0.0866. The highest BCUT2D eigenvalue weighted by molar-refractivity contribution is 9.10. The Morgan fingerprint density at radius 3 is 2.89 bits per heavy atom. The highest BCUT2D eigenvalue weighted by Gasteiger charge is 2.17. The van der Waals surface area contributed by atoms with Gasteiger partial charge in [0.15, 0.2) is 5.78 Å². The number of methoxy groups -OCH3 is 2. The number of ether oxygens (including phenoxy) is 2. The van der Waals surface area contributed by atoms with Crippen LogP contribution < -0.4 is 0 Å². The maximum absolute atomic E-state index is 12.1. The SMILES string of the molecule is COCCn1ncc(Br)c1C(=O)CCC(C)OC. The fourth-order valence-corrected chi connectivity index (χ4v) is 2.07. The summed E-state index contributed by atoms with van der Waals surface area (Å²) < 4.78 is 12.5. The van der Waals surface area contributed by atoms with Gasteiger partial charge in [-0.05, 0) is 29.3 Å². The van der Waals surface area contributed by atoms with Crippen molar-refractivity contribution in [3.05, 3.63) is 16.4 Å². The van der Waals surface area contributed by atoms with Crippen LogP contribution in [0.3, 0.4) is 0 Å². The van der Waals surface area contributed by atoms with Crippen molar-refractivity contribution in [3.8, 4) is 0 Å². The number of rotatable bonds is 8. The van der Waals surface area contributed by atoms with Crippen LogP contribution in [0.2, 0.25) is 0 Å². The summed E-state index contributed by atoms with van der Waals surface area (Å²) in [6.45, 7) is 3.05. The minimum atomic E-state index is 0.0689. The Morgan fingerprint density at radius 2 is 2.28 bits per heavy atom. The number of carbonyl (C=O) groups excluding carboxylic acids is 1. The molecule has 18 heavy (non-hydrogen) atoms. The molecule has 1 heterocycles. The fourth-order valence-electron chi connectivity index (χ4n) is 1.56. The zero-order valence-corrected chi connectivity index (χ0v) is 12.6. The number of Topliss-reactive ketones (excluding diaryl/α,β-unsaturated/α-hetero) is 1. The van der Waals surface area contributed by atoms with E-state index < -0.39 is 0 Å². The molecule has 0 N–H and O–H groups in total. The number of hydrogen-bond acceptors (Lipinski definition) is 4. The van der Waals surface area contributed by atoms with Crippen LogP contribution in [0.15, 0.2) is 10.7 Å². The predicted octanol–water partition coefficient (Wildman–Crippen LogP) is 2.29. The molecular weight excluding hydrogens is 300 g/mol. The van der Waals surface area contributed by atoms with Gasteiger partial charge < -0.3 is 9.47 Å². The van der Waals surface area contributed by atoms with Crippen LogP contribution in [0.25, 0.3) is 0 Å². The Labute approximate surface area is 116 Å². The van der Waals surface area contributed by atoms with Crippen LogP contribution >= 0.6 is 15.9 Å². The van der Waals surface area contributed by atoms with Crippen molar-refractivity contribution in [1.29, 1.82) is 0 Å². The second-order valence-electron chi connectivity index (χ2n) is 4.07. The quantitative estimate of drug-likeness (QED) is 0.690. The van der Waals surface area contributed by atoms with Crippen molar-refractivity contribution >= 4 is 21.7 Å². The van der Waals surface area contributed by atoms with Crippen molar-refractivity contribution in [2.24, 2.45) is 0 Å². The lowest BCUT2D eigenvalue weighted by atomic mass is 10.1. The summed E-state index contributed by atoms with van der Waals surface area (Å²) in [6, 6.07) is 0. The minimum absolute atomic E-state index is 0.0689. The summed E-state index contributed by atoms with van der Waals surface area (Å²) >= 11 is 3.36. The predicted molar refractivity (Wildman–Crippen MR) is 71.8 cm³/mol. The second kappa shape index (κ2) is 7.66. The van der Waals surface area contributed by atoms with Gasteiger partial charge in [0.2, 0.25) is 0 Å². The number of nitrogens with zero attached hydrogens (tertiary/aromatic N) is 2. The molecule has 0 saturated carbocycles. The van der Waals surface area contributed by atoms with Crippen molar-refractivity contribution in [2.75, 3.05) is 20.8 Å². The zero-order valence-electron chi connectivity index (χ0n) is 11.0. The van der Waals surface area contributed by atoms with Gasteiger partial charge in [-0.15, -0.1) is 0 Å². The lowest BCUT2D eigenvalue weighted by Gasteiger charge is -2.10. The lowest BCUT2D eigenvalue weighted by Crippen LogP contribution is -2.15. The van der Waals surface area contributed by atoms with Gasteiger partial charge in [-0.25, -0.2) is 0 Å². The number of hydrogen-bond donors (Lipinski definition) is 0. The zero-order chi connectivity index (χ0) is 13.5. The smallest absolute Gasteiger partial charge is 0.182 e. The van der Waals surface area contributed by atoms with Crippen molar-refractivity contribution < 1.29 is 14.3 Å². The van der Waals surface area contributed by atoms with Crippen LogP contribution in [0, 0.1) is 0 Å². The summed E-state index contributed by atoms with van der Waals surface area (Å²) in [6.07, 6.45) is 2.88. The van der Waals surface area contributed by atoms with E-state index in [0.717, 1.165) is 4.47 Å².